The van der Waals surface area contributed by atoms with Gasteiger partial charge in [0, 0.05) is 33.0 Å². The summed E-state index contributed by atoms with van der Waals surface area (Å²) in [5.74, 6) is -3.20. The molecule has 1 aliphatic heterocycles. The minimum atomic E-state index is -3.14. The highest BCUT2D eigenvalue weighted by Gasteiger charge is 2.47. The minimum Gasteiger partial charge on any atom is -0.598 e. The fraction of sp³-hybridized carbons (Fsp3) is 0.583. The number of ether oxygens (including phenoxy) is 2. The summed E-state index contributed by atoms with van der Waals surface area (Å²) in [6.45, 7) is 16.2. The molecule has 268 valence electrons. The molecular weight excluding hydrogens is 667 g/mol. The molecule has 9 nitrogen and oxygen atoms in total. The van der Waals surface area contributed by atoms with Gasteiger partial charge in [-0.25, -0.2) is 13.8 Å². The minimum absolute atomic E-state index is 0.126. The summed E-state index contributed by atoms with van der Waals surface area (Å²) in [6, 6.07) is 12.3. The molecular formula is C36H50F2N4O5SSi. The van der Waals surface area contributed by atoms with E-state index in [9.17, 15) is 22.9 Å². The van der Waals surface area contributed by atoms with Crippen molar-refractivity contribution < 1.29 is 32.4 Å². The van der Waals surface area contributed by atoms with Gasteiger partial charge in [-0.2, -0.15) is 0 Å². The van der Waals surface area contributed by atoms with E-state index in [-0.39, 0.29) is 31.1 Å². The van der Waals surface area contributed by atoms with E-state index in [0.29, 0.717) is 29.1 Å². The van der Waals surface area contributed by atoms with Crippen molar-refractivity contribution in [1.29, 1.82) is 0 Å². The Labute approximate surface area is 292 Å². The van der Waals surface area contributed by atoms with Gasteiger partial charge in [0.2, 0.25) is 0 Å². The Bertz CT molecular complexity index is 1660. The van der Waals surface area contributed by atoms with Crippen molar-refractivity contribution in [3.8, 4) is 0 Å². The maximum Gasteiger partial charge on any atom is 0.273 e. The summed E-state index contributed by atoms with van der Waals surface area (Å²) in [6.07, 6.45) is 1.78. The molecule has 2 aliphatic rings. The summed E-state index contributed by atoms with van der Waals surface area (Å²) >= 11 is -1.59. The molecule has 1 aliphatic carbocycles. The number of imide groups is 1. The molecule has 0 radical (unpaired) electrons. The highest BCUT2D eigenvalue weighted by molar-refractivity contribution is 7.90. The zero-order valence-corrected chi connectivity index (χ0v) is 31.9. The lowest BCUT2D eigenvalue weighted by Gasteiger charge is -2.34. The van der Waals surface area contributed by atoms with Crippen LogP contribution in [0.5, 0.6) is 0 Å². The molecule has 13 heteroatoms. The monoisotopic (exact) mass is 716 g/mol. The second-order valence-corrected chi connectivity index (χ2v) is 23.7. The molecule has 3 aromatic rings. The first-order chi connectivity index (χ1) is 22.7. The Balaban J connectivity index is 1.56. The van der Waals surface area contributed by atoms with Crippen LogP contribution in [-0.4, -0.2) is 68.4 Å². The second-order valence-electron chi connectivity index (χ2n) is 16.1. The molecule has 3 atom stereocenters. The Hall–Kier alpha value is -2.68. The number of hydrogen-bond donors (Lipinski definition) is 1. The first-order valence-corrected chi connectivity index (χ1v) is 21.8. The number of carbonyl (C=O) groups is 2. The molecule has 1 N–H and O–H groups in total. The number of nitrogens with one attached hydrogen (secondary N) is 1. The van der Waals surface area contributed by atoms with E-state index in [0.717, 1.165) is 36.9 Å². The third-order valence-corrected chi connectivity index (χ3v) is 12.6. The van der Waals surface area contributed by atoms with Gasteiger partial charge in [0.05, 0.1) is 34.8 Å². The number of hydrogen-bond acceptors (Lipinski definition) is 7. The van der Waals surface area contributed by atoms with E-state index >= 15 is 0 Å². The standard InChI is InChI=1S/C36H50F2N4O5SSi/c1-34(2,3)48(45)40-28(21-47-35(4,5)36(6,37)38)31-39-27-20-24(16-17-29(27)41(31)22-46-18-19-49(7,8)9)30(23-14-15-23)42-32(43)25-12-10-11-13-26(25)33(42)44/h10-13,16-17,20,23,28,30,40H,14-15,18-19,21-22H2,1-9H3/t28-,30+,48?/m0/s1. The number of halogens is 2. The highest BCUT2D eigenvalue weighted by Crippen LogP contribution is 2.47. The van der Waals surface area contributed by atoms with Gasteiger partial charge in [-0.05, 0) is 89.3 Å². The van der Waals surface area contributed by atoms with Crippen LogP contribution in [0.15, 0.2) is 42.5 Å². The van der Waals surface area contributed by atoms with E-state index in [1.165, 1.54) is 18.7 Å². The number of alkyl halides is 2. The van der Waals surface area contributed by atoms with Crippen molar-refractivity contribution in [3.05, 3.63) is 65.0 Å². The van der Waals surface area contributed by atoms with Crippen LogP contribution in [0.4, 0.5) is 8.78 Å². The average molecular weight is 717 g/mol. The van der Waals surface area contributed by atoms with E-state index in [2.05, 4.69) is 24.4 Å². The zero-order valence-electron chi connectivity index (χ0n) is 30.1. The molecule has 2 aromatic carbocycles. The van der Waals surface area contributed by atoms with Crippen molar-refractivity contribution in [3.63, 3.8) is 0 Å². The number of amides is 2. The van der Waals surface area contributed by atoms with Crippen LogP contribution in [0.25, 0.3) is 11.0 Å². The first-order valence-electron chi connectivity index (χ1n) is 16.9. The summed E-state index contributed by atoms with van der Waals surface area (Å²) in [5.41, 5.74) is 1.09. The number of imidazole rings is 1. The first kappa shape index (κ1) is 37.6. The fourth-order valence-electron chi connectivity index (χ4n) is 5.68. The quantitative estimate of drug-likeness (QED) is 0.0746. The second kappa shape index (κ2) is 13.8. The predicted octanol–water partition coefficient (Wildman–Crippen LogP) is 7.64. The van der Waals surface area contributed by atoms with E-state index in [4.69, 9.17) is 14.5 Å². The van der Waals surface area contributed by atoms with Gasteiger partial charge < -0.3 is 18.6 Å². The Morgan fingerprint density at radius 1 is 1.02 bits per heavy atom. The molecule has 5 rings (SSSR count). The van der Waals surface area contributed by atoms with Crippen molar-refractivity contribution in [1.82, 2.24) is 19.2 Å². The maximum absolute atomic E-state index is 14.5. The number of rotatable bonds is 15. The van der Waals surface area contributed by atoms with Crippen molar-refractivity contribution in [2.75, 3.05) is 13.2 Å². The summed E-state index contributed by atoms with van der Waals surface area (Å²) < 4.78 is 58.9. The molecule has 1 unspecified atom stereocenters. The van der Waals surface area contributed by atoms with Crippen LogP contribution in [0.1, 0.15) is 98.6 Å². The van der Waals surface area contributed by atoms with Gasteiger partial charge in [-0.3, -0.25) is 14.5 Å². The molecule has 2 amide bonds. The largest absolute Gasteiger partial charge is 0.598 e. The fourth-order valence-corrected chi connectivity index (χ4v) is 7.22. The van der Waals surface area contributed by atoms with Crippen molar-refractivity contribution in [2.24, 2.45) is 5.92 Å². The van der Waals surface area contributed by atoms with Gasteiger partial charge in [0.25, 0.3) is 17.7 Å². The van der Waals surface area contributed by atoms with E-state index < -0.39 is 47.8 Å². The topological polar surface area (TPSA) is 109 Å². The summed E-state index contributed by atoms with van der Waals surface area (Å²) in [7, 11) is -1.39. The SMILES string of the molecule is CC(C)(C)[S+]([O-])N[C@@H](COC(C)(C)C(C)(F)F)c1nc2cc([C@@H](C3CC3)N3C(=O)c4ccccc4C3=O)ccc2n1COCC[Si](C)(C)C. The molecule has 0 bridgehead atoms. The third-order valence-electron chi connectivity index (χ3n) is 9.32. The average Bonchev–Trinajstić information content (AvgIpc) is 3.73. The zero-order chi connectivity index (χ0) is 36.1. The number of aromatic nitrogens is 2. The van der Waals surface area contributed by atoms with E-state index in [1.807, 2.05) is 43.5 Å². The van der Waals surface area contributed by atoms with Gasteiger partial charge >= 0.3 is 0 Å². The van der Waals surface area contributed by atoms with Crippen LogP contribution in [-0.2, 0) is 27.6 Å². The van der Waals surface area contributed by atoms with Crippen molar-refractivity contribution >= 4 is 42.3 Å². The summed E-state index contributed by atoms with van der Waals surface area (Å²) in [5, 5.41) is 0. The molecule has 0 spiro atoms. The van der Waals surface area contributed by atoms with Crippen molar-refractivity contribution in [2.45, 2.75) is 115 Å². The van der Waals surface area contributed by atoms with Crippen LogP contribution in [0.2, 0.25) is 25.7 Å². The van der Waals surface area contributed by atoms with Gasteiger partial charge in [-0.1, -0.05) is 37.8 Å². The molecule has 2 heterocycles. The Morgan fingerprint density at radius 2 is 1.63 bits per heavy atom. The molecule has 1 saturated carbocycles. The summed E-state index contributed by atoms with van der Waals surface area (Å²) in [4.78, 5) is 33.5. The number of carbonyl (C=O) groups excluding carboxylic acids is 2. The molecule has 0 saturated heterocycles. The molecule has 49 heavy (non-hydrogen) atoms. The van der Waals surface area contributed by atoms with Crippen LogP contribution in [0, 0.1) is 5.92 Å². The smallest absolute Gasteiger partial charge is 0.273 e. The lowest BCUT2D eigenvalue weighted by molar-refractivity contribution is -0.183. The van der Waals surface area contributed by atoms with Gasteiger partial charge in [-0.15, -0.1) is 4.72 Å². The Morgan fingerprint density at radius 3 is 2.16 bits per heavy atom. The van der Waals surface area contributed by atoms with Gasteiger partial charge in [0.1, 0.15) is 28.9 Å². The van der Waals surface area contributed by atoms with Gasteiger partial charge in [0.15, 0.2) is 0 Å². The lowest BCUT2D eigenvalue weighted by Crippen LogP contribution is -2.47. The van der Waals surface area contributed by atoms with E-state index in [1.54, 1.807) is 24.3 Å². The van der Waals surface area contributed by atoms with Crippen LogP contribution >= 0.6 is 0 Å². The van der Waals surface area contributed by atoms with Crippen LogP contribution < -0.4 is 4.72 Å². The number of benzene rings is 2. The Kier molecular flexibility index (Phi) is 10.6. The van der Waals surface area contributed by atoms with Crippen LogP contribution in [0.3, 0.4) is 0 Å². The number of fused-ring (bicyclic) bond motifs is 2. The number of nitrogens with zero attached hydrogens (tertiary/aromatic N) is 3. The lowest BCUT2D eigenvalue weighted by atomic mass is 10.00. The molecule has 1 aromatic heterocycles. The maximum atomic E-state index is 14.5. The predicted molar refractivity (Wildman–Crippen MR) is 191 cm³/mol. The third kappa shape index (κ3) is 8.28. The normalized spacial score (nSPS) is 17.9. The molecule has 1 fully saturated rings. The highest BCUT2D eigenvalue weighted by atomic mass is 32.2.